The summed E-state index contributed by atoms with van der Waals surface area (Å²) in [4.78, 5) is 9.98. The van der Waals surface area contributed by atoms with E-state index >= 15 is 0 Å². The molecule has 4 aromatic rings. The average Bonchev–Trinajstić information content (AvgIpc) is 3.18. The third kappa shape index (κ3) is 4.67. The molecule has 1 aliphatic rings. The molecule has 3 N–H and O–H groups in total. The Balaban J connectivity index is 1.62. The Morgan fingerprint density at radius 1 is 1.20 bits per heavy atom. The summed E-state index contributed by atoms with van der Waals surface area (Å²) in [5, 5.41) is 14.3. The molecule has 1 aliphatic carbocycles. The first kappa shape index (κ1) is 23.5. The average molecular weight is 492 g/mol. The van der Waals surface area contributed by atoms with Gasteiger partial charge in [-0.05, 0) is 62.1 Å². The van der Waals surface area contributed by atoms with Gasteiger partial charge in [0.1, 0.15) is 17.8 Å². The van der Waals surface area contributed by atoms with E-state index in [-0.39, 0.29) is 11.9 Å². The smallest absolute Gasteiger partial charge is 0.236 e. The highest BCUT2D eigenvalue weighted by Gasteiger charge is 2.27. The van der Waals surface area contributed by atoms with E-state index in [9.17, 15) is 9.66 Å². The first-order chi connectivity index (χ1) is 16.9. The number of hydrogen-bond acceptors (Lipinski definition) is 7. The predicted molar refractivity (Wildman–Crippen MR) is 139 cm³/mol. The molecule has 0 radical (unpaired) electrons. The van der Waals surface area contributed by atoms with Crippen LogP contribution in [0.15, 0.2) is 48.5 Å². The van der Waals surface area contributed by atoms with Crippen molar-refractivity contribution in [3.05, 3.63) is 71.0 Å². The van der Waals surface area contributed by atoms with Crippen molar-refractivity contribution in [1.82, 2.24) is 14.5 Å². The number of phenols is 1. The van der Waals surface area contributed by atoms with E-state index in [1.165, 1.54) is 0 Å². The van der Waals surface area contributed by atoms with Gasteiger partial charge in [-0.15, -0.1) is 0 Å². The lowest BCUT2D eigenvalue weighted by Crippen LogP contribution is -2.20. The predicted octanol–water partition coefficient (Wildman–Crippen LogP) is 4.78. The largest absolute Gasteiger partial charge is 0.593 e. The molecule has 0 spiro atoms. The Morgan fingerprint density at radius 3 is 2.80 bits per heavy atom. The van der Waals surface area contributed by atoms with E-state index in [2.05, 4.69) is 16.1 Å². The summed E-state index contributed by atoms with van der Waals surface area (Å²) in [5.74, 6) is 1.58. The fraction of sp³-hybridized carbons (Fsp3) is 0.308. The lowest BCUT2D eigenvalue weighted by atomic mass is 9.93. The van der Waals surface area contributed by atoms with E-state index < -0.39 is 11.4 Å². The number of fused-ring (bicyclic) bond motifs is 2. The van der Waals surface area contributed by atoms with Crippen molar-refractivity contribution in [2.24, 2.45) is 0 Å². The number of phenolic OH excluding ortho intramolecular Hbond substituents is 1. The standard InChI is InChI=1S/C26H29N5O3S/c1-16-13-20-21(30-35(3)33)10-6-11-22(20)31(16)26-28-24-19(9-5-12-23(24)34-2)25(29-26)27-15-17-7-4-8-18(32)14-17/h4,6-8,10-11,13-14,23,30,32H,5,9,12,15H2,1-3H3,(H,27,28,29)/t23-,35?/m0/s1. The Labute approximate surface area is 207 Å². The van der Waals surface area contributed by atoms with E-state index in [0.29, 0.717) is 12.5 Å². The summed E-state index contributed by atoms with van der Waals surface area (Å²) in [5.41, 5.74) is 5.66. The molecule has 0 aliphatic heterocycles. The van der Waals surface area contributed by atoms with Gasteiger partial charge in [-0.2, -0.15) is 4.98 Å². The highest BCUT2D eigenvalue weighted by molar-refractivity contribution is 7.92. The molecule has 8 nitrogen and oxygen atoms in total. The van der Waals surface area contributed by atoms with Crippen molar-refractivity contribution >= 4 is 33.8 Å². The maximum Gasteiger partial charge on any atom is 0.236 e. The molecular formula is C26H29N5O3S. The molecule has 9 heteroatoms. The molecule has 2 atom stereocenters. The van der Waals surface area contributed by atoms with Crippen LogP contribution in [0.5, 0.6) is 5.75 Å². The van der Waals surface area contributed by atoms with Crippen molar-refractivity contribution in [3.8, 4) is 11.7 Å². The fourth-order valence-corrected chi connectivity index (χ4v) is 5.29. The molecule has 35 heavy (non-hydrogen) atoms. The minimum atomic E-state index is -1.18. The van der Waals surface area contributed by atoms with Gasteiger partial charge >= 0.3 is 0 Å². The van der Waals surface area contributed by atoms with Crippen LogP contribution in [0.2, 0.25) is 0 Å². The van der Waals surface area contributed by atoms with Crippen molar-refractivity contribution in [2.75, 3.05) is 23.4 Å². The van der Waals surface area contributed by atoms with Gasteiger partial charge in [-0.3, -0.25) is 4.57 Å². The number of rotatable bonds is 7. The highest BCUT2D eigenvalue weighted by Crippen LogP contribution is 2.36. The lowest BCUT2D eigenvalue weighted by molar-refractivity contribution is 0.0842. The maximum atomic E-state index is 11.8. The van der Waals surface area contributed by atoms with Gasteiger partial charge in [-0.25, -0.2) is 9.71 Å². The van der Waals surface area contributed by atoms with Crippen LogP contribution in [0.3, 0.4) is 0 Å². The number of methoxy groups -OCH3 is 1. The third-order valence-electron chi connectivity index (χ3n) is 6.36. The van der Waals surface area contributed by atoms with Crippen LogP contribution in [0.4, 0.5) is 11.5 Å². The molecule has 2 heterocycles. The van der Waals surface area contributed by atoms with E-state index in [1.54, 1.807) is 25.5 Å². The van der Waals surface area contributed by atoms with Crippen LogP contribution >= 0.6 is 0 Å². The van der Waals surface area contributed by atoms with Crippen LogP contribution < -0.4 is 10.0 Å². The molecule has 2 aromatic carbocycles. The van der Waals surface area contributed by atoms with Gasteiger partial charge in [0.25, 0.3) is 0 Å². The van der Waals surface area contributed by atoms with E-state index in [1.807, 2.05) is 41.8 Å². The number of hydrogen-bond donors (Lipinski definition) is 3. The van der Waals surface area contributed by atoms with Crippen molar-refractivity contribution in [2.45, 2.75) is 38.8 Å². The van der Waals surface area contributed by atoms with Crippen molar-refractivity contribution < 1.29 is 14.4 Å². The highest BCUT2D eigenvalue weighted by atomic mass is 32.2. The van der Waals surface area contributed by atoms with Gasteiger partial charge in [-0.1, -0.05) is 18.2 Å². The second kappa shape index (κ2) is 9.77. The molecule has 182 valence electrons. The quantitative estimate of drug-likeness (QED) is 0.320. The number of nitrogens with zero attached hydrogens (tertiary/aromatic N) is 3. The zero-order chi connectivity index (χ0) is 24.5. The van der Waals surface area contributed by atoms with E-state index in [0.717, 1.165) is 64.2 Å². The van der Waals surface area contributed by atoms with Crippen molar-refractivity contribution in [3.63, 3.8) is 0 Å². The maximum absolute atomic E-state index is 11.8. The summed E-state index contributed by atoms with van der Waals surface area (Å²) in [6.07, 6.45) is 4.31. The molecule has 0 amide bonds. The number of benzene rings is 2. The number of nitrogens with one attached hydrogen (secondary N) is 2. The molecule has 1 unspecified atom stereocenters. The van der Waals surface area contributed by atoms with Gasteiger partial charge in [0.05, 0.1) is 34.4 Å². The zero-order valence-electron chi connectivity index (χ0n) is 20.0. The molecule has 0 saturated heterocycles. The second-order valence-electron chi connectivity index (χ2n) is 8.79. The molecule has 2 aromatic heterocycles. The van der Waals surface area contributed by atoms with E-state index in [4.69, 9.17) is 14.7 Å². The summed E-state index contributed by atoms with van der Waals surface area (Å²) in [6, 6.07) is 15.1. The fourth-order valence-electron chi connectivity index (χ4n) is 4.80. The topological polar surface area (TPSA) is 107 Å². The normalized spacial score (nSPS) is 16.2. The number of aromatic nitrogens is 3. The van der Waals surface area contributed by atoms with Gasteiger partial charge in [0, 0.05) is 30.3 Å². The lowest BCUT2D eigenvalue weighted by Gasteiger charge is -2.26. The number of aromatic hydroxyl groups is 1. The second-order valence-corrected chi connectivity index (χ2v) is 9.90. The number of ether oxygens (including phenoxy) is 1. The zero-order valence-corrected chi connectivity index (χ0v) is 20.9. The minimum Gasteiger partial charge on any atom is -0.593 e. The number of anilines is 2. The minimum absolute atomic E-state index is 0.0938. The first-order valence-electron chi connectivity index (χ1n) is 11.6. The Morgan fingerprint density at radius 2 is 2.03 bits per heavy atom. The first-order valence-corrected chi connectivity index (χ1v) is 13.2. The van der Waals surface area contributed by atoms with Gasteiger partial charge < -0.3 is 19.7 Å². The summed E-state index contributed by atoms with van der Waals surface area (Å²) < 4.78 is 22.7. The molecule has 0 fully saturated rings. The summed E-state index contributed by atoms with van der Waals surface area (Å²) >= 11 is -1.18. The van der Waals surface area contributed by atoms with Gasteiger partial charge in [0.2, 0.25) is 5.95 Å². The summed E-state index contributed by atoms with van der Waals surface area (Å²) in [7, 11) is 1.72. The van der Waals surface area contributed by atoms with Crippen LogP contribution in [-0.2, 0) is 29.1 Å². The van der Waals surface area contributed by atoms with Crippen LogP contribution in [0, 0.1) is 6.92 Å². The van der Waals surface area contributed by atoms with Crippen LogP contribution in [0.25, 0.3) is 16.9 Å². The number of aryl methyl sites for hydroxylation is 1. The van der Waals surface area contributed by atoms with Gasteiger partial charge in [0.15, 0.2) is 0 Å². The SMILES string of the molecule is CO[C@H]1CCCc2c(NCc3cccc(O)c3)nc(-n3c(C)cc4c(N[S+](C)[O-])cccc43)nc21. The van der Waals surface area contributed by atoms with Crippen LogP contribution in [-0.4, -0.2) is 37.6 Å². The monoisotopic (exact) mass is 491 g/mol. The van der Waals surface area contributed by atoms with Crippen molar-refractivity contribution in [1.29, 1.82) is 0 Å². The summed E-state index contributed by atoms with van der Waals surface area (Å²) in [6.45, 7) is 2.54. The molecule has 0 bridgehead atoms. The molecular weight excluding hydrogens is 462 g/mol. The molecule has 5 rings (SSSR count). The Kier molecular flexibility index (Phi) is 6.55. The van der Waals surface area contributed by atoms with Crippen LogP contribution in [0.1, 0.15) is 41.5 Å². The Bertz CT molecular complexity index is 1370. The Hall–Kier alpha value is -3.27. The third-order valence-corrected chi connectivity index (χ3v) is 6.87. The molecule has 0 saturated carbocycles.